The Morgan fingerprint density at radius 1 is 0.892 bits per heavy atom. The summed E-state index contributed by atoms with van der Waals surface area (Å²) in [4.78, 5) is 43.4. The maximum Gasteiger partial charge on any atom is 0.180 e. The van der Waals surface area contributed by atoms with Gasteiger partial charge in [0.25, 0.3) is 0 Å². The van der Waals surface area contributed by atoms with Crippen LogP contribution in [0.4, 0.5) is 0 Å². The number of rotatable bonds is 3. The van der Waals surface area contributed by atoms with E-state index in [4.69, 9.17) is 9.84 Å². The van der Waals surface area contributed by atoms with E-state index in [-0.39, 0.29) is 17.3 Å². The molecule has 2 heterocycles. The van der Waals surface area contributed by atoms with Gasteiger partial charge in [0.1, 0.15) is 17.2 Å². The summed E-state index contributed by atoms with van der Waals surface area (Å²) < 4.78 is 5.38. The van der Waals surface area contributed by atoms with Gasteiger partial charge in [-0.25, -0.2) is 0 Å². The minimum Gasteiger partial charge on any atom is -0.497 e. The summed E-state index contributed by atoms with van der Waals surface area (Å²) in [5.41, 5.74) is 0.947. The molecule has 0 amide bonds. The van der Waals surface area contributed by atoms with Crippen molar-refractivity contribution in [3.63, 3.8) is 0 Å². The highest BCUT2D eigenvalue weighted by molar-refractivity contribution is 6.31. The number of Topliss-reactive ketones (excluding diaryl/α,β-unsaturated/α-hetero) is 3. The number of benzene rings is 3. The highest BCUT2D eigenvalue weighted by atomic mass is 16.5. The SMILES string of the molecule is COc1ccc([C@@H]2[C@@H](C(=O)C(C)(C)C)N3N=Cc4ccccc4C3C23C(=O)c2ccccc2C3=O)cc1. The van der Waals surface area contributed by atoms with Gasteiger partial charge in [-0.1, -0.05) is 81.4 Å². The zero-order chi connectivity index (χ0) is 26.1. The molecule has 1 aliphatic carbocycles. The highest BCUT2D eigenvalue weighted by Crippen LogP contribution is 2.65. The predicted octanol–water partition coefficient (Wildman–Crippen LogP) is 5.23. The molecular weight excluding hydrogens is 464 g/mol. The van der Waals surface area contributed by atoms with E-state index in [2.05, 4.69) is 0 Å². The molecule has 6 heteroatoms. The molecule has 1 fully saturated rings. The van der Waals surface area contributed by atoms with E-state index in [1.807, 2.05) is 69.3 Å². The lowest BCUT2D eigenvalue weighted by Crippen LogP contribution is -2.45. The normalized spacial score (nSPS) is 23.1. The molecule has 0 saturated carbocycles. The molecular formula is C31H28N2O4. The van der Waals surface area contributed by atoms with Crippen molar-refractivity contribution >= 4 is 23.6 Å². The largest absolute Gasteiger partial charge is 0.497 e. The smallest absolute Gasteiger partial charge is 0.180 e. The Bertz CT molecular complexity index is 1450. The Hall–Kier alpha value is -4.06. The number of nitrogens with zero attached hydrogens (tertiary/aromatic N) is 2. The number of ketones is 3. The van der Waals surface area contributed by atoms with Gasteiger partial charge in [0.05, 0.1) is 19.4 Å². The maximum absolute atomic E-state index is 14.6. The van der Waals surface area contributed by atoms with Gasteiger partial charge in [-0.2, -0.15) is 5.10 Å². The van der Waals surface area contributed by atoms with Crippen molar-refractivity contribution in [1.82, 2.24) is 5.01 Å². The monoisotopic (exact) mass is 492 g/mol. The van der Waals surface area contributed by atoms with Crippen molar-refractivity contribution in [1.29, 1.82) is 0 Å². The minimum absolute atomic E-state index is 0.0664. The lowest BCUT2D eigenvalue weighted by Gasteiger charge is -2.36. The zero-order valence-corrected chi connectivity index (χ0v) is 21.3. The first-order valence-corrected chi connectivity index (χ1v) is 12.5. The van der Waals surface area contributed by atoms with Gasteiger partial charge in [-0.3, -0.25) is 19.4 Å². The molecule has 1 spiro atoms. The first-order chi connectivity index (χ1) is 17.7. The molecule has 0 aromatic heterocycles. The Balaban J connectivity index is 1.70. The van der Waals surface area contributed by atoms with Crippen LogP contribution in [0, 0.1) is 10.8 Å². The summed E-state index contributed by atoms with van der Waals surface area (Å²) in [6, 6.07) is 20.5. The molecule has 1 unspecified atom stereocenters. The zero-order valence-electron chi connectivity index (χ0n) is 21.3. The van der Waals surface area contributed by atoms with Crippen LogP contribution in [0.25, 0.3) is 0 Å². The van der Waals surface area contributed by atoms with Gasteiger partial charge in [-0.05, 0) is 28.8 Å². The van der Waals surface area contributed by atoms with Gasteiger partial charge in [0.2, 0.25) is 0 Å². The predicted molar refractivity (Wildman–Crippen MR) is 140 cm³/mol. The average molecular weight is 493 g/mol. The molecule has 0 N–H and O–H groups in total. The van der Waals surface area contributed by atoms with E-state index in [9.17, 15) is 14.4 Å². The van der Waals surface area contributed by atoms with Crippen LogP contribution in [-0.4, -0.2) is 41.7 Å². The van der Waals surface area contributed by atoms with Crippen LogP contribution in [0.5, 0.6) is 5.75 Å². The molecule has 37 heavy (non-hydrogen) atoms. The van der Waals surface area contributed by atoms with E-state index in [1.54, 1.807) is 42.6 Å². The molecule has 2 aliphatic heterocycles. The van der Waals surface area contributed by atoms with Crippen LogP contribution >= 0.6 is 0 Å². The number of carbonyl (C=O) groups excluding carboxylic acids is 3. The second kappa shape index (κ2) is 7.97. The number of hydrazone groups is 1. The van der Waals surface area contributed by atoms with Crippen LogP contribution in [0.2, 0.25) is 0 Å². The molecule has 3 aromatic carbocycles. The van der Waals surface area contributed by atoms with Gasteiger partial charge in [0.15, 0.2) is 17.3 Å². The Morgan fingerprint density at radius 2 is 1.49 bits per heavy atom. The van der Waals surface area contributed by atoms with E-state index in [0.717, 1.165) is 16.7 Å². The van der Waals surface area contributed by atoms with Crippen LogP contribution in [0.3, 0.4) is 0 Å². The summed E-state index contributed by atoms with van der Waals surface area (Å²) in [5.74, 6) is -0.655. The van der Waals surface area contributed by atoms with E-state index < -0.39 is 28.8 Å². The number of hydrogen-bond donors (Lipinski definition) is 0. The first-order valence-electron chi connectivity index (χ1n) is 12.5. The Labute approximate surface area is 215 Å². The second-order valence-corrected chi connectivity index (χ2v) is 11.0. The molecule has 3 aliphatic rings. The third-order valence-electron chi connectivity index (χ3n) is 8.06. The van der Waals surface area contributed by atoms with E-state index in [1.165, 1.54) is 0 Å². The molecule has 3 atom stereocenters. The van der Waals surface area contributed by atoms with Crippen LogP contribution in [0.1, 0.15) is 70.1 Å². The van der Waals surface area contributed by atoms with Crippen molar-refractivity contribution in [2.75, 3.05) is 7.11 Å². The molecule has 6 nitrogen and oxygen atoms in total. The summed E-state index contributed by atoms with van der Waals surface area (Å²) in [7, 11) is 1.59. The summed E-state index contributed by atoms with van der Waals surface area (Å²) in [5, 5.41) is 6.51. The molecule has 6 rings (SSSR count). The number of carbonyl (C=O) groups is 3. The Morgan fingerprint density at radius 3 is 2.08 bits per heavy atom. The molecule has 1 saturated heterocycles. The topological polar surface area (TPSA) is 76.0 Å². The number of ether oxygens (including phenoxy) is 1. The van der Waals surface area contributed by atoms with Crippen LogP contribution in [0.15, 0.2) is 77.9 Å². The fourth-order valence-electron chi connectivity index (χ4n) is 6.40. The van der Waals surface area contributed by atoms with Gasteiger partial charge < -0.3 is 4.74 Å². The Kier molecular flexibility index (Phi) is 5.03. The van der Waals surface area contributed by atoms with Gasteiger partial charge in [0, 0.05) is 22.5 Å². The maximum atomic E-state index is 14.6. The summed E-state index contributed by atoms with van der Waals surface area (Å²) in [6.07, 6.45) is 1.73. The average Bonchev–Trinajstić information content (AvgIpc) is 3.34. The quantitative estimate of drug-likeness (QED) is 0.468. The summed E-state index contributed by atoms with van der Waals surface area (Å²) >= 11 is 0. The van der Waals surface area contributed by atoms with Crippen molar-refractivity contribution < 1.29 is 19.1 Å². The second-order valence-electron chi connectivity index (χ2n) is 11.0. The van der Waals surface area contributed by atoms with E-state index in [0.29, 0.717) is 16.9 Å². The minimum atomic E-state index is -1.54. The molecule has 0 radical (unpaired) electrons. The van der Waals surface area contributed by atoms with Crippen molar-refractivity contribution in [3.05, 3.63) is 101 Å². The fourth-order valence-corrected chi connectivity index (χ4v) is 6.40. The van der Waals surface area contributed by atoms with Crippen molar-refractivity contribution in [2.45, 2.75) is 38.8 Å². The lowest BCUT2D eigenvalue weighted by atomic mass is 9.62. The van der Waals surface area contributed by atoms with Crippen LogP contribution < -0.4 is 4.74 Å². The van der Waals surface area contributed by atoms with Gasteiger partial charge in [-0.15, -0.1) is 0 Å². The first kappa shape index (κ1) is 23.3. The van der Waals surface area contributed by atoms with Crippen LogP contribution in [-0.2, 0) is 4.79 Å². The summed E-state index contributed by atoms with van der Waals surface area (Å²) in [6.45, 7) is 5.61. The standard InChI is InChI=1S/C31H28N2O4/c1-30(2,3)29(36)25-24(18-13-15-20(37-4)16-14-18)31(27(34)22-11-7-8-12-23(22)28(31)35)26-21-10-6-5-9-19(21)17-32-33(25)26/h5-17,24-26H,1-4H3/t24-,25+,26?/m1/s1. The van der Waals surface area contributed by atoms with Crippen molar-refractivity contribution in [3.8, 4) is 5.75 Å². The lowest BCUT2D eigenvalue weighted by molar-refractivity contribution is -0.131. The van der Waals surface area contributed by atoms with Gasteiger partial charge >= 0.3 is 0 Å². The molecule has 3 aromatic rings. The number of hydrogen-bond acceptors (Lipinski definition) is 6. The molecule has 186 valence electrons. The fraction of sp³-hybridized carbons (Fsp3) is 0.290. The number of methoxy groups -OCH3 is 1. The van der Waals surface area contributed by atoms with Crippen molar-refractivity contribution in [2.24, 2.45) is 15.9 Å². The van der Waals surface area contributed by atoms with E-state index >= 15 is 0 Å². The third-order valence-corrected chi connectivity index (χ3v) is 8.06. The molecule has 0 bridgehead atoms. The highest BCUT2D eigenvalue weighted by Gasteiger charge is 2.73. The third kappa shape index (κ3) is 3.05. The number of fused-ring (bicyclic) bond motifs is 5.